The van der Waals surface area contributed by atoms with E-state index in [1.807, 2.05) is 6.07 Å². The van der Waals surface area contributed by atoms with Gasteiger partial charge in [-0.1, -0.05) is 33.6 Å². The average molecular weight is 394 g/mol. The van der Waals surface area contributed by atoms with Crippen LogP contribution in [0.5, 0.6) is 0 Å². The summed E-state index contributed by atoms with van der Waals surface area (Å²) < 4.78 is 0.811. The van der Waals surface area contributed by atoms with Crippen LogP contribution in [0.15, 0.2) is 46.9 Å². The van der Waals surface area contributed by atoms with Gasteiger partial charge in [0.1, 0.15) is 6.54 Å². The minimum Gasteiger partial charge on any atom is -0.324 e. The van der Waals surface area contributed by atoms with E-state index < -0.39 is 17.7 Å². The predicted molar refractivity (Wildman–Crippen MR) is 89.6 cm³/mol. The zero-order valence-electron chi connectivity index (χ0n) is 11.7. The van der Waals surface area contributed by atoms with E-state index in [9.17, 15) is 14.4 Å². The highest BCUT2D eigenvalue weighted by atomic mass is 79.9. The maximum Gasteiger partial charge on any atom is 0.262 e. The molecule has 0 atom stereocenters. The first-order valence-electron chi connectivity index (χ1n) is 6.67. The first-order valence-corrected chi connectivity index (χ1v) is 7.84. The molecule has 0 radical (unpaired) electrons. The van der Waals surface area contributed by atoms with Crippen LogP contribution in [0.2, 0.25) is 5.02 Å². The number of carbonyl (C=O) groups is 3. The molecule has 0 spiro atoms. The molecule has 0 saturated carbocycles. The third-order valence-electron chi connectivity index (χ3n) is 3.34. The molecule has 1 aliphatic heterocycles. The molecule has 0 aliphatic carbocycles. The van der Waals surface area contributed by atoms with E-state index in [0.717, 1.165) is 9.37 Å². The van der Waals surface area contributed by atoms with Crippen LogP contribution in [-0.4, -0.2) is 29.2 Å². The number of hydrogen-bond acceptors (Lipinski definition) is 3. The van der Waals surface area contributed by atoms with Gasteiger partial charge in [0, 0.05) is 15.2 Å². The van der Waals surface area contributed by atoms with Gasteiger partial charge in [0.15, 0.2) is 0 Å². The normalized spacial score (nSPS) is 13.2. The SMILES string of the molecule is O=C(CN1C(=O)c2ccc(Cl)cc2C1=O)Nc1cccc(Br)c1. The Labute approximate surface area is 145 Å². The Hall–Kier alpha value is -2.18. The van der Waals surface area contributed by atoms with Gasteiger partial charge < -0.3 is 5.32 Å². The first kappa shape index (κ1) is 15.7. The molecule has 5 nitrogen and oxygen atoms in total. The van der Waals surface area contributed by atoms with E-state index in [-0.39, 0.29) is 17.7 Å². The molecule has 23 heavy (non-hydrogen) atoms. The van der Waals surface area contributed by atoms with Crippen molar-refractivity contribution in [1.82, 2.24) is 4.90 Å². The van der Waals surface area contributed by atoms with Crippen molar-refractivity contribution in [2.24, 2.45) is 0 Å². The molecule has 0 saturated heterocycles. The van der Waals surface area contributed by atoms with Crippen molar-refractivity contribution >= 4 is 50.9 Å². The standard InChI is InChI=1S/C16H10BrClN2O3/c17-9-2-1-3-11(6-9)19-14(21)8-20-15(22)12-5-4-10(18)7-13(12)16(20)23/h1-7H,8H2,(H,19,21). The topological polar surface area (TPSA) is 66.5 Å². The second-order valence-corrected chi connectivity index (χ2v) is 6.30. The Morgan fingerprint density at radius 1 is 1.09 bits per heavy atom. The van der Waals surface area contributed by atoms with Crippen molar-refractivity contribution in [1.29, 1.82) is 0 Å². The van der Waals surface area contributed by atoms with E-state index in [1.54, 1.807) is 18.2 Å². The second kappa shape index (κ2) is 6.14. The summed E-state index contributed by atoms with van der Waals surface area (Å²) in [5.74, 6) is -1.47. The van der Waals surface area contributed by atoms with Gasteiger partial charge in [0.25, 0.3) is 11.8 Å². The molecule has 3 amide bonds. The van der Waals surface area contributed by atoms with Gasteiger partial charge in [-0.15, -0.1) is 0 Å². The van der Waals surface area contributed by atoms with Gasteiger partial charge in [-0.3, -0.25) is 19.3 Å². The number of nitrogens with zero attached hydrogens (tertiary/aromatic N) is 1. The summed E-state index contributed by atoms with van der Waals surface area (Å²) in [5.41, 5.74) is 1.05. The first-order chi connectivity index (χ1) is 11.0. The largest absolute Gasteiger partial charge is 0.324 e. The molecule has 116 valence electrons. The summed E-state index contributed by atoms with van der Waals surface area (Å²) in [7, 11) is 0. The van der Waals surface area contributed by atoms with Crippen molar-refractivity contribution < 1.29 is 14.4 Å². The van der Waals surface area contributed by atoms with Gasteiger partial charge in [0.2, 0.25) is 5.91 Å². The minimum atomic E-state index is -0.517. The Morgan fingerprint density at radius 3 is 2.57 bits per heavy atom. The monoisotopic (exact) mass is 392 g/mol. The summed E-state index contributed by atoms with van der Waals surface area (Å²) in [6.45, 7) is -0.351. The molecular formula is C16H10BrClN2O3. The summed E-state index contributed by atoms with van der Waals surface area (Å²) in [6, 6.07) is 11.5. The van der Waals surface area contributed by atoms with Gasteiger partial charge in [-0.05, 0) is 36.4 Å². The number of hydrogen-bond donors (Lipinski definition) is 1. The summed E-state index contributed by atoms with van der Waals surface area (Å²) in [6.07, 6.45) is 0. The van der Waals surface area contributed by atoms with Crippen LogP contribution in [0.4, 0.5) is 5.69 Å². The van der Waals surface area contributed by atoms with E-state index >= 15 is 0 Å². The Balaban J connectivity index is 1.75. The van der Waals surface area contributed by atoms with Crippen LogP contribution in [0, 0.1) is 0 Å². The Morgan fingerprint density at radius 2 is 1.83 bits per heavy atom. The molecule has 0 aromatic heterocycles. The number of benzene rings is 2. The zero-order valence-corrected chi connectivity index (χ0v) is 14.0. The number of fused-ring (bicyclic) bond motifs is 1. The lowest BCUT2D eigenvalue weighted by Gasteiger charge is -2.13. The van der Waals surface area contributed by atoms with Gasteiger partial charge in [-0.25, -0.2) is 0 Å². The lowest BCUT2D eigenvalue weighted by atomic mass is 10.1. The minimum absolute atomic E-state index is 0.220. The molecule has 0 fully saturated rings. The maximum atomic E-state index is 12.3. The summed E-state index contributed by atoms with van der Waals surface area (Å²) in [4.78, 5) is 37.5. The van der Waals surface area contributed by atoms with Crippen molar-refractivity contribution in [3.63, 3.8) is 0 Å². The fourth-order valence-corrected chi connectivity index (χ4v) is 2.89. The van der Waals surface area contributed by atoms with Gasteiger partial charge >= 0.3 is 0 Å². The fourth-order valence-electron chi connectivity index (χ4n) is 2.32. The fraction of sp³-hybridized carbons (Fsp3) is 0.0625. The molecule has 2 aromatic rings. The third-order valence-corrected chi connectivity index (χ3v) is 4.07. The summed E-state index contributed by atoms with van der Waals surface area (Å²) in [5, 5.41) is 3.01. The summed E-state index contributed by atoms with van der Waals surface area (Å²) >= 11 is 9.15. The molecule has 1 heterocycles. The van der Waals surface area contributed by atoms with E-state index in [0.29, 0.717) is 10.7 Å². The number of rotatable bonds is 3. The molecule has 1 aliphatic rings. The average Bonchev–Trinajstić information content (AvgIpc) is 2.72. The number of carbonyl (C=O) groups excluding carboxylic acids is 3. The van der Waals surface area contributed by atoms with Crippen molar-refractivity contribution in [3.8, 4) is 0 Å². The Kier molecular flexibility index (Phi) is 4.19. The van der Waals surface area contributed by atoms with Crippen molar-refractivity contribution in [2.75, 3.05) is 11.9 Å². The maximum absolute atomic E-state index is 12.3. The van der Waals surface area contributed by atoms with Gasteiger partial charge in [-0.2, -0.15) is 0 Å². The van der Waals surface area contributed by atoms with Crippen LogP contribution in [0.25, 0.3) is 0 Å². The Bertz CT molecular complexity index is 838. The highest BCUT2D eigenvalue weighted by Crippen LogP contribution is 2.25. The smallest absolute Gasteiger partial charge is 0.262 e. The predicted octanol–water partition coefficient (Wildman–Crippen LogP) is 3.34. The second-order valence-electron chi connectivity index (χ2n) is 4.94. The zero-order chi connectivity index (χ0) is 16.6. The number of halogens is 2. The number of anilines is 1. The third kappa shape index (κ3) is 3.13. The number of amides is 3. The van der Waals surface area contributed by atoms with E-state index in [1.165, 1.54) is 18.2 Å². The highest BCUT2D eigenvalue weighted by molar-refractivity contribution is 9.10. The lowest BCUT2D eigenvalue weighted by Crippen LogP contribution is -2.37. The molecular weight excluding hydrogens is 384 g/mol. The lowest BCUT2D eigenvalue weighted by molar-refractivity contribution is -0.116. The number of nitrogens with one attached hydrogen (secondary N) is 1. The van der Waals surface area contributed by atoms with E-state index in [4.69, 9.17) is 11.6 Å². The van der Waals surface area contributed by atoms with Gasteiger partial charge in [0.05, 0.1) is 11.1 Å². The van der Waals surface area contributed by atoms with Crippen LogP contribution in [-0.2, 0) is 4.79 Å². The quantitative estimate of drug-likeness (QED) is 0.813. The molecule has 7 heteroatoms. The van der Waals surface area contributed by atoms with Crippen molar-refractivity contribution in [3.05, 3.63) is 63.1 Å². The van der Waals surface area contributed by atoms with Crippen LogP contribution >= 0.6 is 27.5 Å². The molecule has 1 N–H and O–H groups in total. The van der Waals surface area contributed by atoms with Crippen molar-refractivity contribution in [2.45, 2.75) is 0 Å². The van der Waals surface area contributed by atoms with Crippen LogP contribution in [0.3, 0.4) is 0 Å². The van der Waals surface area contributed by atoms with Crippen LogP contribution in [0.1, 0.15) is 20.7 Å². The number of imide groups is 1. The molecule has 2 aromatic carbocycles. The molecule has 0 unspecified atom stereocenters. The highest BCUT2D eigenvalue weighted by Gasteiger charge is 2.36. The van der Waals surface area contributed by atoms with E-state index in [2.05, 4.69) is 21.2 Å². The van der Waals surface area contributed by atoms with Crippen LogP contribution < -0.4 is 5.32 Å². The molecule has 0 bridgehead atoms. The molecule has 3 rings (SSSR count).